The van der Waals surface area contributed by atoms with Crippen molar-refractivity contribution in [2.45, 2.75) is 13.3 Å². The molecule has 2 rings (SSSR count). The third kappa shape index (κ3) is 3.18. The fourth-order valence-electron chi connectivity index (χ4n) is 1.97. The summed E-state index contributed by atoms with van der Waals surface area (Å²) >= 11 is 3.43. The largest absolute Gasteiger partial charge is 0.323 e. The Labute approximate surface area is 126 Å². The van der Waals surface area contributed by atoms with E-state index in [0.29, 0.717) is 11.3 Å². The van der Waals surface area contributed by atoms with Crippen LogP contribution in [0.15, 0.2) is 46.9 Å². The number of anilines is 2. The van der Waals surface area contributed by atoms with Crippen molar-refractivity contribution in [2.75, 3.05) is 10.7 Å². The van der Waals surface area contributed by atoms with Gasteiger partial charge in [0.05, 0.1) is 11.3 Å². The van der Waals surface area contributed by atoms with E-state index in [1.165, 1.54) is 0 Å². The summed E-state index contributed by atoms with van der Waals surface area (Å²) in [5.41, 5.74) is 5.53. The molecule has 0 heterocycles. The zero-order valence-electron chi connectivity index (χ0n) is 11.1. The van der Waals surface area contributed by atoms with Crippen LogP contribution < -0.4 is 16.6 Å². The maximum absolute atomic E-state index is 12.3. The third-order valence-corrected chi connectivity index (χ3v) is 3.52. The SMILES string of the molecule is CCc1cc(Br)ccc1NC(=O)c1ccccc1NN. The summed E-state index contributed by atoms with van der Waals surface area (Å²) in [5, 5.41) is 2.92. The quantitative estimate of drug-likeness (QED) is 0.592. The van der Waals surface area contributed by atoms with Crippen LogP contribution in [0.3, 0.4) is 0 Å². The van der Waals surface area contributed by atoms with Crippen LogP contribution in [0.25, 0.3) is 0 Å². The Morgan fingerprint density at radius 1 is 1.20 bits per heavy atom. The molecule has 104 valence electrons. The second-order valence-electron chi connectivity index (χ2n) is 4.30. The molecule has 4 nitrogen and oxygen atoms in total. The first-order chi connectivity index (χ1) is 9.65. The number of carbonyl (C=O) groups is 1. The van der Waals surface area contributed by atoms with Crippen molar-refractivity contribution in [1.29, 1.82) is 0 Å². The Morgan fingerprint density at radius 2 is 1.95 bits per heavy atom. The molecule has 0 bridgehead atoms. The minimum absolute atomic E-state index is 0.185. The van der Waals surface area contributed by atoms with E-state index in [9.17, 15) is 4.79 Å². The molecular formula is C15H16BrN3O. The second-order valence-corrected chi connectivity index (χ2v) is 5.21. The van der Waals surface area contributed by atoms with Crippen LogP contribution in [0.2, 0.25) is 0 Å². The molecule has 0 aliphatic carbocycles. The van der Waals surface area contributed by atoms with Crippen molar-refractivity contribution in [3.05, 3.63) is 58.1 Å². The monoisotopic (exact) mass is 333 g/mol. The highest BCUT2D eigenvalue weighted by atomic mass is 79.9. The predicted octanol–water partition coefficient (Wildman–Crippen LogP) is 3.55. The Balaban J connectivity index is 2.28. The van der Waals surface area contributed by atoms with Crippen molar-refractivity contribution in [2.24, 2.45) is 5.84 Å². The molecule has 0 aliphatic heterocycles. The molecule has 0 aromatic heterocycles. The van der Waals surface area contributed by atoms with Crippen molar-refractivity contribution in [3.8, 4) is 0 Å². The van der Waals surface area contributed by atoms with E-state index in [1.54, 1.807) is 18.2 Å². The number of nitrogens with one attached hydrogen (secondary N) is 2. The zero-order chi connectivity index (χ0) is 14.5. The summed E-state index contributed by atoms with van der Waals surface area (Å²) in [6, 6.07) is 12.9. The maximum Gasteiger partial charge on any atom is 0.257 e. The van der Waals surface area contributed by atoms with E-state index >= 15 is 0 Å². The summed E-state index contributed by atoms with van der Waals surface area (Å²) in [7, 11) is 0. The fourth-order valence-corrected chi connectivity index (χ4v) is 2.38. The smallest absolute Gasteiger partial charge is 0.257 e. The van der Waals surface area contributed by atoms with Crippen LogP contribution in [0, 0.1) is 0 Å². The van der Waals surface area contributed by atoms with Gasteiger partial charge in [-0.25, -0.2) is 0 Å². The molecule has 0 saturated carbocycles. The van der Waals surface area contributed by atoms with Gasteiger partial charge in [0.25, 0.3) is 5.91 Å². The van der Waals surface area contributed by atoms with Gasteiger partial charge in [-0.15, -0.1) is 0 Å². The number of para-hydroxylation sites is 1. The highest BCUT2D eigenvalue weighted by molar-refractivity contribution is 9.10. The minimum atomic E-state index is -0.185. The summed E-state index contributed by atoms with van der Waals surface area (Å²) in [6.45, 7) is 2.05. The Morgan fingerprint density at radius 3 is 2.65 bits per heavy atom. The number of aryl methyl sites for hydroxylation is 1. The van der Waals surface area contributed by atoms with Crippen molar-refractivity contribution >= 4 is 33.2 Å². The molecule has 0 atom stereocenters. The molecule has 2 aromatic carbocycles. The molecule has 0 radical (unpaired) electrons. The molecule has 20 heavy (non-hydrogen) atoms. The molecule has 5 heteroatoms. The van der Waals surface area contributed by atoms with Crippen LogP contribution in [0.5, 0.6) is 0 Å². The Hall–Kier alpha value is -1.85. The summed E-state index contributed by atoms with van der Waals surface area (Å²) in [4.78, 5) is 12.3. The molecule has 2 aromatic rings. The maximum atomic E-state index is 12.3. The van der Waals surface area contributed by atoms with E-state index in [-0.39, 0.29) is 5.91 Å². The number of hydrazine groups is 1. The minimum Gasteiger partial charge on any atom is -0.323 e. The number of hydrogen-bond donors (Lipinski definition) is 3. The first-order valence-electron chi connectivity index (χ1n) is 6.31. The van der Waals surface area contributed by atoms with Gasteiger partial charge in [-0.2, -0.15) is 0 Å². The topological polar surface area (TPSA) is 67.2 Å². The number of halogens is 1. The molecular weight excluding hydrogens is 318 g/mol. The summed E-state index contributed by atoms with van der Waals surface area (Å²) in [5.74, 6) is 5.24. The molecule has 0 fully saturated rings. The van der Waals surface area contributed by atoms with Gasteiger partial charge in [-0.3, -0.25) is 10.6 Å². The first-order valence-corrected chi connectivity index (χ1v) is 7.10. The Kier molecular flexibility index (Phi) is 4.76. The van der Waals surface area contributed by atoms with Gasteiger partial charge in [0.1, 0.15) is 0 Å². The molecule has 0 unspecified atom stereocenters. The van der Waals surface area contributed by atoms with Gasteiger partial charge in [-0.05, 0) is 42.3 Å². The summed E-state index contributed by atoms with van der Waals surface area (Å²) in [6.07, 6.45) is 0.839. The lowest BCUT2D eigenvalue weighted by Gasteiger charge is -2.12. The lowest BCUT2D eigenvalue weighted by Crippen LogP contribution is -2.17. The third-order valence-electron chi connectivity index (χ3n) is 3.02. The standard InChI is InChI=1S/C15H16BrN3O/c1-2-10-9-11(16)7-8-13(10)18-15(20)12-5-3-4-6-14(12)19-17/h3-9,19H,2,17H2,1H3,(H,18,20). The van der Waals surface area contributed by atoms with E-state index < -0.39 is 0 Å². The molecule has 0 saturated heterocycles. The zero-order valence-corrected chi connectivity index (χ0v) is 12.7. The van der Waals surface area contributed by atoms with Gasteiger partial charge < -0.3 is 10.7 Å². The van der Waals surface area contributed by atoms with E-state index in [4.69, 9.17) is 5.84 Å². The number of amides is 1. The number of carbonyl (C=O) groups excluding carboxylic acids is 1. The van der Waals surface area contributed by atoms with Crippen LogP contribution in [0.4, 0.5) is 11.4 Å². The lowest BCUT2D eigenvalue weighted by atomic mass is 10.1. The van der Waals surface area contributed by atoms with Crippen LogP contribution in [0.1, 0.15) is 22.8 Å². The van der Waals surface area contributed by atoms with Gasteiger partial charge in [0.15, 0.2) is 0 Å². The highest BCUT2D eigenvalue weighted by Crippen LogP contribution is 2.23. The predicted molar refractivity (Wildman–Crippen MR) is 85.7 cm³/mol. The number of nitrogen functional groups attached to an aromatic ring is 1. The number of hydrogen-bond acceptors (Lipinski definition) is 3. The van der Waals surface area contributed by atoms with Crippen LogP contribution in [-0.4, -0.2) is 5.91 Å². The van der Waals surface area contributed by atoms with Crippen molar-refractivity contribution < 1.29 is 4.79 Å². The number of benzene rings is 2. The normalized spacial score (nSPS) is 10.2. The molecule has 0 aliphatic rings. The van der Waals surface area contributed by atoms with Crippen molar-refractivity contribution in [1.82, 2.24) is 0 Å². The average Bonchev–Trinajstić information content (AvgIpc) is 2.48. The Bertz CT molecular complexity index is 628. The fraction of sp³-hybridized carbons (Fsp3) is 0.133. The van der Waals surface area contributed by atoms with Gasteiger partial charge in [-0.1, -0.05) is 35.0 Å². The second kappa shape index (κ2) is 6.54. The average molecular weight is 334 g/mol. The van der Waals surface area contributed by atoms with Gasteiger partial charge in [0.2, 0.25) is 0 Å². The van der Waals surface area contributed by atoms with E-state index in [0.717, 1.165) is 22.1 Å². The number of rotatable bonds is 4. The summed E-state index contributed by atoms with van der Waals surface area (Å²) < 4.78 is 0.997. The number of nitrogens with two attached hydrogens (primary N) is 1. The first kappa shape index (κ1) is 14.6. The molecule has 0 spiro atoms. The van der Waals surface area contributed by atoms with Crippen molar-refractivity contribution in [3.63, 3.8) is 0 Å². The molecule has 1 amide bonds. The van der Waals surface area contributed by atoms with Crippen LogP contribution in [-0.2, 0) is 6.42 Å². The lowest BCUT2D eigenvalue weighted by molar-refractivity contribution is 0.102. The van der Waals surface area contributed by atoms with Gasteiger partial charge in [0, 0.05) is 10.2 Å². The van der Waals surface area contributed by atoms with Gasteiger partial charge >= 0.3 is 0 Å². The molecule has 4 N–H and O–H groups in total. The van der Waals surface area contributed by atoms with E-state index in [1.807, 2.05) is 31.2 Å². The highest BCUT2D eigenvalue weighted by Gasteiger charge is 2.12. The van der Waals surface area contributed by atoms with Crippen LogP contribution >= 0.6 is 15.9 Å². The van der Waals surface area contributed by atoms with E-state index in [2.05, 4.69) is 26.7 Å².